The molecule has 1 fully saturated rings. The highest BCUT2D eigenvalue weighted by atomic mass is 16.5. The Morgan fingerprint density at radius 3 is 3.13 bits per heavy atom. The van der Waals surface area contributed by atoms with Gasteiger partial charge in [0.15, 0.2) is 5.82 Å². The lowest BCUT2D eigenvalue weighted by Gasteiger charge is -2.31. The van der Waals surface area contributed by atoms with Crippen LogP contribution in [0.1, 0.15) is 24.5 Å². The number of rotatable bonds is 7. The van der Waals surface area contributed by atoms with Gasteiger partial charge >= 0.3 is 0 Å². The third kappa shape index (κ3) is 3.92. The lowest BCUT2D eigenvalue weighted by Crippen LogP contribution is -2.39. The molecule has 1 atom stereocenters. The van der Waals surface area contributed by atoms with E-state index in [2.05, 4.69) is 38.5 Å². The molecule has 2 aromatic rings. The minimum atomic E-state index is -0.121. The molecule has 1 aliphatic rings. The Morgan fingerprint density at radius 2 is 2.35 bits per heavy atom. The van der Waals surface area contributed by atoms with Gasteiger partial charge in [-0.05, 0) is 23.4 Å². The van der Waals surface area contributed by atoms with Gasteiger partial charge in [-0.2, -0.15) is 5.10 Å². The van der Waals surface area contributed by atoms with Gasteiger partial charge in [0.25, 0.3) is 0 Å². The topological polar surface area (TPSA) is 83.1 Å². The van der Waals surface area contributed by atoms with E-state index < -0.39 is 0 Å². The van der Waals surface area contributed by atoms with Crippen LogP contribution in [0.15, 0.2) is 12.3 Å². The molecular formula is C14H23N7O2. The molecule has 0 N–H and O–H groups in total. The highest BCUT2D eigenvalue weighted by Gasteiger charge is 2.27. The molecule has 0 bridgehead atoms. The molecule has 126 valence electrons. The quantitative estimate of drug-likeness (QED) is 0.715. The Kier molecular flexibility index (Phi) is 5.31. The lowest BCUT2D eigenvalue weighted by molar-refractivity contribution is -0.0400. The van der Waals surface area contributed by atoms with Gasteiger partial charge < -0.3 is 9.47 Å². The van der Waals surface area contributed by atoms with Crippen molar-refractivity contribution in [2.75, 3.05) is 33.4 Å². The monoisotopic (exact) mass is 321 g/mol. The van der Waals surface area contributed by atoms with Crippen LogP contribution < -0.4 is 0 Å². The molecule has 0 radical (unpaired) electrons. The average molecular weight is 321 g/mol. The van der Waals surface area contributed by atoms with Gasteiger partial charge in [-0.3, -0.25) is 9.58 Å². The maximum atomic E-state index is 5.87. The van der Waals surface area contributed by atoms with Crippen molar-refractivity contribution in [1.29, 1.82) is 0 Å². The number of methoxy groups -OCH3 is 1. The highest BCUT2D eigenvalue weighted by molar-refractivity contribution is 5.00. The van der Waals surface area contributed by atoms with Crippen LogP contribution in [-0.2, 0) is 29.1 Å². The maximum Gasteiger partial charge on any atom is 0.181 e. The minimum absolute atomic E-state index is 0.121. The Labute approximate surface area is 135 Å². The van der Waals surface area contributed by atoms with Crippen LogP contribution in [0.25, 0.3) is 0 Å². The van der Waals surface area contributed by atoms with E-state index in [4.69, 9.17) is 9.47 Å². The number of hydrogen-bond acceptors (Lipinski definition) is 7. The molecule has 1 aliphatic heterocycles. The molecule has 2 aromatic heterocycles. The van der Waals surface area contributed by atoms with Gasteiger partial charge in [0.1, 0.15) is 6.10 Å². The second-order valence-corrected chi connectivity index (χ2v) is 5.51. The molecular weight excluding hydrogens is 298 g/mol. The van der Waals surface area contributed by atoms with Crippen molar-refractivity contribution in [3.05, 3.63) is 23.8 Å². The number of aromatic nitrogens is 6. The summed E-state index contributed by atoms with van der Waals surface area (Å²) in [7, 11) is 1.66. The predicted molar refractivity (Wildman–Crippen MR) is 81.6 cm³/mol. The van der Waals surface area contributed by atoms with Gasteiger partial charge in [-0.1, -0.05) is 0 Å². The fourth-order valence-corrected chi connectivity index (χ4v) is 2.67. The van der Waals surface area contributed by atoms with Crippen molar-refractivity contribution in [3.8, 4) is 0 Å². The van der Waals surface area contributed by atoms with Crippen molar-refractivity contribution in [1.82, 2.24) is 34.9 Å². The first kappa shape index (κ1) is 16.0. The summed E-state index contributed by atoms with van der Waals surface area (Å²) in [5, 5.41) is 16.4. The Bertz CT molecular complexity index is 612. The SMILES string of the molecule is CCn1ccc(CN2CCO[C@@H](c3nnnn3CCOC)C2)n1. The van der Waals surface area contributed by atoms with Crippen LogP contribution in [0.5, 0.6) is 0 Å². The van der Waals surface area contributed by atoms with E-state index in [9.17, 15) is 0 Å². The summed E-state index contributed by atoms with van der Waals surface area (Å²) < 4.78 is 14.7. The van der Waals surface area contributed by atoms with E-state index in [1.165, 1.54) is 0 Å². The maximum absolute atomic E-state index is 5.87. The van der Waals surface area contributed by atoms with Crippen molar-refractivity contribution >= 4 is 0 Å². The first-order valence-corrected chi connectivity index (χ1v) is 7.91. The van der Waals surface area contributed by atoms with Crippen LogP contribution in [0.4, 0.5) is 0 Å². The number of aryl methyl sites for hydroxylation is 1. The summed E-state index contributed by atoms with van der Waals surface area (Å²) in [5.74, 6) is 0.755. The zero-order valence-corrected chi connectivity index (χ0v) is 13.6. The predicted octanol–water partition coefficient (Wildman–Crippen LogP) is 0.109. The van der Waals surface area contributed by atoms with Gasteiger partial charge in [-0.15, -0.1) is 5.10 Å². The highest BCUT2D eigenvalue weighted by Crippen LogP contribution is 2.21. The van der Waals surface area contributed by atoms with E-state index in [0.717, 1.165) is 37.7 Å². The Balaban J connectivity index is 1.62. The van der Waals surface area contributed by atoms with Crippen LogP contribution >= 0.6 is 0 Å². The van der Waals surface area contributed by atoms with E-state index in [1.807, 2.05) is 10.9 Å². The van der Waals surface area contributed by atoms with Crippen molar-refractivity contribution in [2.45, 2.75) is 32.7 Å². The van der Waals surface area contributed by atoms with Gasteiger partial charge in [0, 0.05) is 39.5 Å². The van der Waals surface area contributed by atoms with E-state index in [1.54, 1.807) is 11.8 Å². The number of morpholine rings is 1. The molecule has 0 spiro atoms. The largest absolute Gasteiger partial charge is 0.383 e. The van der Waals surface area contributed by atoms with Crippen molar-refractivity contribution in [3.63, 3.8) is 0 Å². The van der Waals surface area contributed by atoms with Gasteiger partial charge in [-0.25, -0.2) is 4.68 Å². The molecule has 23 heavy (non-hydrogen) atoms. The van der Waals surface area contributed by atoms with Gasteiger partial charge in [0.05, 0.1) is 25.5 Å². The summed E-state index contributed by atoms with van der Waals surface area (Å²) in [4.78, 5) is 2.33. The molecule has 0 amide bonds. The average Bonchev–Trinajstić information content (AvgIpc) is 3.22. The number of ether oxygens (including phenoxy) is 2. The third-order valence-corrected chi connectivity index (χ3v) is 3.91. The Morgan fingerprint density at radius 1 is 1.43 bits per heavy atom. The third-order valence-electron chi connectivity index (χ3n) is 3.91. The fraction of sp³-hybridized carbons (Fsp3) is 0.714. The fourth-order valence-electron chi connectivity index (χ4n) is 2.67. The van der Waals surface area contributed by atoms with Crippen LogP contribution in [0.2, 0.25) is 0 Å². The molecule has 0 unspecified atom stereocenters. The van der Waals surface area contributed by atoms with E-state index >= 15 is 0 Å². The first-order chi connectivity index (χ1) is 11.3. The zero-order valence-electron chi connectivity index (χ0n) is 13.6. The summed E-state index contributed by atoms with van der Waals surface area (Å²) in [6.45, 7) is 7.29. The lowest BCUT2D eigenvalue weighted by atomic mass is 10.2. The molecule has 9 nitrogen and oxygen atoms in total. The standard InChI is InChI=1S/C14H23N7O2/c1-3-20-5-4-12(16-20)10-19-6-9-23-13(11-19)14-15-17-18-21(14)7-8-22-2/h4-5,13H,3,6-11H2,1-2H3/t13-/m1/s1. The second kappa shape index (κ2) is 7.62. The van der Waals surface area contributed by atoms with Crippen LogP contribution in [0.3, 0.4) is 0 Å². The van der Waals surface area contributed by atoms with E-state index in [-0.39, 0.29) is 6.10 Å². The van der Waals surface area contributed by atoms with Crippen molar-refractivity contribution in [2.24, 2.45) is 0 Å². The normalized spacial score (nSPS) is 19.3. The molecule has 0 aliphatic carbocycles. The van der Waals surface area contributed by atoms with Crippen LogP contribution in [-0.4, -0.2) is 68.3 Å². The smallest absolute Gasteiger partial charge is 0.181 e. The summed E-state index contributed by atoms with van der Waals surface area (Å²) >= 11 is 0. The van der Waals surface area contributed by atoms with Crippen molar-refractivity contribution < 1.29 is 9.47 Å². The summed E-state index contributed by atoms with van der Waals surface area (Å²) in [6, 6.07) is 2.07. The second-order valence-electron chi connectivity index (χ2n) is 5.51. The van der Waals surface area contributed by atoms with Gasteiger partial charge in [0.2, 0.25) is 0 Å². The summed E-state index contributed by atoms with van der Waals surface area (Å²) in [5.41, 5.74) is 1.08. The van der Waals surface area contributed by atoms with Crippen LogP contribution in [0, 0.1) is 0 Å². The number of tetrazole rings is 1. The molecule has 3 heterocycles. The first-order valence-electron chi connectivity index (χ1n) is 7.91. The van der Waals surface area contributed by atoms with E-state index in [0.29, 0.717) is 19.8 Å². The molecule has 0 saturated carbocycles. The Hall–Kier alpha value is -1.84. The zero-order chi connectivity index (χ0) is 16.1. The number of hydrogen-bond donors (Lipinski definition) is 0. The summed E-state index contributed by atoms with van der Waals surface area (Å²) in [6.07, 6.45) is 1.89. The molecule has 1 saturated heterocycles. The number of nitrogens with zero attached hydrogens (tertiary/aromatic N) is 7. The molecule has 9 heteroatoms. The minimum Gasteiger partial charge on any atom is -0.383 e. The molecule has 3 rings (SSSR count). The molecule has 0 aromatic carbocycles.